The number of carbonyl (C=O) groups excluding carboxylic acids is 2. The molecule has 6 nitrogen and oxygen atoms in total. The summed E-state index contributed by atoms with van der Waals surface area (Å²) >= 11 is 0.724. The minimum atomic E-state index is -1.06. The summed E-state index contributed by atoms with van der Waals surface area (Å²) in [5, 5.41) is 9.98. The van der Waals surface area contributed by atoms with Crippen LogP contribution in [0, 0.1) is 12.8 Å². The van der Waals surface area contributed by atoms with Crippen LogP contribution in [0.1, 0.15) is 46.7 Å². The first-order valence-corrected chi connectivity index (χ1v) is 13.0. The van der Waals surface area contributed by atoms with Gasteiger partial charge in [0.25, 0.3) is 0 Å². The molecule has 1 aliphatic heterocycles. The van der Waals surface area contributed by atoms with E-state index in [2.05, 4.69) is 34.2 Å². The Kier molecular flexibility index (Phi) is 8.75. The molecule has 2 aliphatic rings. The Labute approximate surface area is 202 Å². The first-order chi connectivity index (χ1) is 15.7. The van der Waals surface area contributed by atoms with Crippen molar-refractivity contribution < 1.29 is 18.9 Å². The van der Waals surface area contributed by atoms with Crippen molar-refractivity contribution in [2.75, 3.05) is 19.6 Å². The van der Waals surface area contributed by atoms with Gasteiger partial charge in [0.15, 0.2) is 22.7 Å². The second-order valence-corrected chi connectivity index (χ2v) is 11.4. The van der Waals surface area contributed by atoms with Crippen LogP contribution in [0.25, 0.3) is 5.76 Å². The van der Waals surface area contributed by atoms with Crippen molar-refractivity contribution in [1.29, 1.82) is 0 Å². The van der Waals surface area contributed by atoms with Crippen molar-refractivity contribution in [3.05, 3.63) is 63.4 Å². The molecule has 1 fully saturated rings. The lowest BCUT2D eigenvalue weighted by molar-refractivity contribution is -0.134. The zero-order valence-electron chi connectivity index (χ0n) is 19.5. The van der Waals surface area contributed by atoms with Gasteiger partial charge in [-0.1, -0.05) is 36.9 Å². The number of benzene rings is 1. The van der Waals surface area contributed by atoms with Crippen molar-refractivity contribution in [2.24, 2.45) is 5.92 Å². The van der Waals surface area contributed by atoms with Crippen molar-refractivity contribution in [1.82, 2.24) is 8.61 Å². The molecule has 1 saturated heterocycles. The summed E-state index contributed by atoms with van der Waals surface area (Å²) in [5.74, 6) is -0.0975. The summed E-state index contributed by atoms with van der Waals surface area (Å²) in [4.78, 5) is 22.1. The molecule has 1 aliphatic carbocycles. The van der Waals surface area contributed by atoms with Crippen molar-refractivity contribution >= 4 is 39.8 Å². The monoisotopic (exact) mass is 488 g/mol. The number of aryl methyl sites for hydroxylation is 2. The van der Waals surface area contributed by atoms with Gasteiger partial charge in [0, 0.05) is 55.3 Å². The molecule has 4 rings (SSSR count). The van der Waals surface area contributed by atoms with Crippen LogP contribution < -0.4 is 0 Å². The van der Waals surface area contributed by atoms with Gasteiger partial charge in [0.1, 0.15) is 5.76 Å². The van der Waals surface area contributed by atoms with Gasteiger partial charge in [0.05, 0.1) is 0 Å². The normalized spacial score (nSPS) is 20.6. The molecule has 1 N–H and O–H groups in total. The number of Topliss-reactive ketones (excluding diaryl/α,β-unsaturated/α-hetero) is 2. The largest absolute Gasteiger partial charge is 0.508 e. The lowest BCUT2D eigenvalue weighted by Crippen LogP contribution is -2.33. The van der Waals surface area contributed by atoms with Crippen LogP contribution in [0.2, 0.25) is 0 Å². The fraction of sp³-hybridized carbons (Fsp3) is 0.440. The summed E-state index contributed by atoms with van der Waals surface area (Å²) in [6, 6.07) is 10.2. The van der Waals surface area contributed by atoms with E-state index in [9.17, 15) is 18.9 Å². The summed E-state index contributed by atoms with van der Waals surface area (Å²) < 4.78 is 17.1. The van der Waals surface area contributed by atoms with E-state index in [0.717, 1.165) is 55.9 Å². The molecule has 2 heterocycles. The minimum Gasteiger partial charge on any atom is -0.508 e. The molecule has 2 atom stereocenters. The predicted octanol–water partition coefficient (Wildman–Crippen LogP) is 4.25. The molecular formula is C25H32N2O4S2. The fourth-order valence-electron chi connectivity index (χ4n) is 4.23. The molecule has 2 aromatic rings. The third-order valence-electron chi connectivity index (χ3n) is 6.03. The molecule has 1 aromatic carbocycles. The first kappa shape index (κ1) is 25.5. The number of thiophene rings is 1. The Morgan fingerprint density at radius 1 is 1.15 bits per heavy atom. The Morgan fingerprint density at radius 3 is 2.39 bits per heavy atom. The van der Waals surface area contributed by atoms with Crippen LogP contribution in [0.3, 0.4) is 0 Å². The number of aliphatic hydroxyl groups is 1. The standard InChI is InChI=1S/C21H26N2O2S2.C4H6O2/c1-15(24)21-16(2)26-20-9-8-18(12-19(20)21)14-23-11-10-22(27(23)25)13-17-6-4-3-5-7-17;1-3(5)4(2)6/h3-7,18,24H,1,8-14H2,2H3;1-2H3. The molecule has 0 bridgehead atoms. The molecule has 0 spiro atoms. The maximum Gasteiger partial charge on any atom is 0.195 e. The minimum absolute atomic E-state index is 0.185. The molecule has 0 saturated carbocycles. The third-order valence-corrected chi connectivity index (χ3v) is 8.76. The molecule has 0 radical (unpaired) electrons. The van der Waals surface area contributed by atoms with Crippen LogP contribution in [0.15, 0.2) is 36.9 Å². The van der Waals surface area contributed by atoms with Crippen LogP contribution in [0.4, 0.5) is 0 Å². The fourth-order valence-corrected chi connectivity index (χ4v) is 6.87. The van der Waals surface area contributed by atoms with Gasteiger partial charge >= 0.3 is 0 Å². The second-order valence-electron chi connectivity index (χ2n) is 8.57. The molecule has 33 heavy (non-hydrogen) atoms. The van der Waals surface area contributed by atoms with E-state index >= 15 is 0 Å². The van der Waals surface area contributed by atoms with Gasteiger partial charge in [0.2, 0.25) is 0 Å². The number of nitrogens with zero attached hydrogens (tertiary/aromatic N) is 2. The maximum absolute atomic E-state index is 12.9. The quantitative estimate of drug-likeness (QED) is 0.487. The Bertz CT molecular complexity index is 1040. The Morgan fingerprint density at radius 2 is 1.79 bits per heavy atom. The molecule has 8 heteroatoms. The average Bonchev–Trinajstić information content (AvgIpc) is 3.28. The van der Waals surface area contributed by atoms with Crippen LogP contribution in [0.5, 0.6) is 0 Å². The number of hydrogen-bond donors (Lipinski definition) is 1. The maximum atomic E-state index is 12.9. The molecule has 1 aromatic heterocycles. The van der Waals surface area contributed by atoms with E-state index < -0.39 is 11.2 Å². The van der Waals surface area contributed by atoms with Gasteiger partial charge in [-0.15, -0.1) is 11.3 Å². The molecular weight excluding hydrogens is 456 g/mol. The summed E-state index contributed by atoms with van der Waals surface area (Å²) in [6.45, 7) is 11.6. The lowest BCUT2D eigenvalue weighted by Gasteiger charge is -2.27. The first-order valence-electron chi connectivity index (χ1n) is 11.1. The number of rotatable bonds is 6. The Balaban J connectivity index is 0.000000454. The summed E-state index contributed by atoms with van der Waals surface area (Å²) in [6.07, 6.45) is 3.12. The highest BCUT2D eigenvalue weighted by Crippen LogP contribution is 2.39. The van der Waals surface area contributed by atoms with Gasteiger partial charge in [-0.2, -0.15) is 0 Å². The topological polar surface area (TPSA) is 77.9 Å². The van der Waals surface area contributed by atoms with E-state index in [1.807, 2.05) is 18.2 Å². The number of ketones is 2. The van der Waals surface area contributed by atoms with E-state index in [0.29, 0.717) is 5.92 Å². The van der Waals surface area contributed by atoms with Crippen molar-refractivity contribution in [3.63, 3.8) is 0 Å². The summed E-state index contributed by atoms with van der Waals surface area (Å²) in [7, 11) is 0. The smallest absolute Gasteiger partial charge is 0.195 e. The highest BCUT2D eigenvalue weighted by Gasteiger charge is 2.33. The predicted molar refractivity (Wildman–Crippen MR) is 134 cm³/mol. The third kappa shape index (κ3) is 6.47. The van der Waals surface area contributed by atoms with Crippen LogP contribution >= 0.6 is 11.3 Å². The van der Waals surface area contributed by atoms with E-state index in [1.165, 1.54) is 29.9 Å². The highest BCUT2D eigenvalue weighted by atomic mass is 32.2. The van der Waals surface area contributed by atoms with Crippen LogP contribution in [-0.2, 0) is 40.1 Å². The van der Waals surface area contributed by atoms with Gasteiger partial charge in [-0.25, -0.2) is 12.8 Å². The molecule has 0 amide bonds. The van der Waals surface area contributed by atoms with E-state index in [1.54, 1.807) is 11.3 Å². The van der Waals surface area contributed by atoms with E-state index in [-0.39, 0.29) is 17.3 Å². The van der Waals surface area contributed by atoms with Crippen LogP contribution in [-0.4, -0.2) is 49.1 Å². The Hall–Kier alpha value is -2.13. The SMILES string of the molecule is C=C(O)c1c(C)sc2c1CC(CN1CCN(Cc3ccccc3)S1=O)CC2.CC(=O)C(C)=O. The number of fused-ring (bicyclic) bond motifs is 1. The number of aliphatic hydroxyl groups excluding tert-OH is 1. The zero-order valence-corrected chi connectivity index (χ0v) is 21.1. The number of carbonyl (C=O) groups is 2. The van der Waals surface area contributed by atoms with Gasteiger partial charge < -0.3 is 5.11 Å². The van der Waals surface area contributed by atoms with Crippen molar-refractivity contribution in [3.8, 4) is 0 Å². The van der Waals surface area contributed by atoms with Crippen molar-refractivity contribution in [2.45, 2.75) is 46.6 Å². The average molecular weight is 489 g/mol. The van der Waals surface area contributed by atoms with E-state index in [4.69, 9.17) is 0 Å². The lowest BCUT2D eigenvalue weighted by atomic mass is 9.86. The second kappa shape index (κ2) is 11.3. The summed E-state index contributed by atoms with van der Waals surface area (Å²) in [5.41, 5.74) is 3.43. The zero-order chi connectivity index (χ0) is 24.1. The van der Waals surface area contributed by atoms with Gasteiger partial charge in [-0.05, 0) is 43.2 Å². The molecule has 178 valence electrons. The molecule has 2 unspecified atom stereocenters. The highest BCUT2D eigenvalue weighted by molar-refractivity contribution is 7.80. The van der Waals surface area contributed by atoms with Gasteiger partial charge in [-0.3, -0.25) is 9.59 Å². The number of hydrogen-bond acceptors (Lipinski definition) is 5.